The molecule has 0 saturated heterocycles. The molecular weight excluding hydrogens is 188 g/mol. The summed E-state index contributed by atoms with van der Waals surface area (Å²) < 4.78 is 5.59. The first-order chi connectivity index (χ1) is 7.27. The van der Waals surface area contributed by atoms with E-state index in [2.05, 4.69) is 0 Å². The van der Waals surface area contributed by atoms with Crippen LogP contribution >= 0.6 is 0 Å². The molecule has 0 atom stereocenters. The van der Waals surface area contributed by atoms with E-state index in [1.165, 1.54) is 0 Å². The van der Waals surface area contributed by atoms with Gasteiger partial charge in [-0.3, -0.25) is 0 Å². The Kier molecular flexibility index (Phi) is 2.46. The van der Waals surface area contributed by atoms with Crippen LogP contribution in [0.15, 0.2) is 48.5 Å². The molecule has 0 aliphatic rings. The van der Waals surface area contributed by atoms with Gasteiger partial charge in [0, 0.05) is 0 Å². The van der Waals surface area contributed by atoms with Crippen molar-refractivity contribution < 1.29 is 4.74 Å². The molecule has 0 bridgehead atoms. The number of ether oxygens (including phenoxy) is 1. The number of hydrogen-bond donors (Lipinski definition) is 2. The summed E-state index contributed by atoms with van der Waals surface area (Å²) in [5.74, 6) is 1.24. The van der Waals surface area contributed by atoms with Crippen LogP contribution in [0, 0.1) is 0 Å². The van der Waals surface area contributed by atoms with Crippen LogP contribution in [-0.4, -0.2) is 0 Å². The SMILES string of the molecule is Nc1ccccc1Oc1ccccc1N. The van der Waals surface area contributed by atoms with Crippen LogP contribution in [0.5, 0.6) is 11.5 Å². The molecule has 3 heteroatoms. The molecule has 0 amide bonds. The van der Waals surface area contributed by atoms with Crippen LogP contribution in [-0.2, 0) is 0 Å². The van der Waals surface area contributed by atoms with Crippen molar-refractivity contribution in [3.8, 4) is 11.5 Å². The molecule has 15 heavy (non-hydrogen) atoms. The van der Waals surface area contributed by atoms with Gasteiger partial charge >= 0.3 is 0 Å². The average Bonchev–Trinajstić information content (AvgIpc) is 2.24. The van der Waals surface area contributed by atoms with Gasteiger partial charge in [-0.25, -0.2) is 0 Å². The van der Waals surface area contributed by atoms with E-state index in [4.69, 9.17) is 16.2 Å². The first-order valence-corrected chi connectivity index (χ1v) is 4.64. The monoisotopic (exact) mass is 200 g/mol. The third-order valence-corrected chi connectivity index (χ3v) is 2.06. The fourth-order valence-corrected chi connectivity index (χ4v) is 1.27. The zero-order chi connectivity index (χ0) is 10.7. The van der Waals surface area contributed by atoms with Crippen molar-refractivity contribution in [2.45, 2.75) is 0 Å². The zero-order valence-corrected chi connectivity index (χ0v) is 8.18. The topological polar surface area (TPSA) is 61.3 Å². The molecule has 4 N–H and O–H groups in total. The van der Waals surface area contributed by atoms with E-state index >= 15 is 0 Å². The lowest BCUT2D eigenvalue weighted by Crippen LogP contribution is -1.94. The second-order valence-corrected chi connectivity index (χ2v) is 3.18. The minimum absolute atomic E-state index is 0.598. The molecule has 0 radical (unpaired) electrons. The largest absolute Gasteiger partial charge is 0.453 e. The maximum atomic E-state index is 5.75. The molecule has 0 aliphatic heterocycles. The normalized spacial score (nSPS) is 9.87. The van der Waals surface area contributed by atoms with Gasteiger partial charge in [0.1, 0.15) is 11.5 Å². The van der Waals surface area contributed by atoms with Gasteiger partial charge in [-0.2, -0.15) is 0 Å². The number of hydrogen-bond acceptors (Lipinski definition) is 3. The lowest BCUT2D eigenvalue weighted by molar-refractivity contribution is 0.487. The van der Waals surface area contributed by atoms with E-state index in [9.17, 15) is 0 Å². The Morgan fingerprint density at radius 2 is 1.07 bits per heavy atom. The first kappa shape index (κ1) is 9.40. The quantitative estimate of drug-likeness (QED) is 0.732. The van der Waals surface area contributed by atoms with Crippen LogP contribution in [0.2, 0.25) is 0 Å². The van der Waals surface area contributed by atoms with Gasteiger partial charge in [-0.05, 0) is 24.3 Å². The Labute approximate surface area is 88.3 Å². The lowest BCUT2D eigenvalue weighted by atomic mass is 10.3. The highest BCUT2D eigenvalue weighted by Gasteiger charge is 2.02. The predicted molar refractivity (Wildman–Crippen MR) is 61.8 cm³/mol. The second kappa shape index (κ2) is 3.92. The highest BCUT2D eigenvalue weighted by atomic mass is 16.5. The lowest BCUT2D eigenvalue weighted by Gasteiger charge is -2.09. The van der Waals surface area contributed by atoms with Crippen LogP contribution in [0.4, 0.5) is 11.4 Å². The van der Waals surface area contributed by atoms with Crippen molar-refractivity contribution in [2.75, 3.05) is 11.5 Å². The maximum absolute atomic E-state index is 5.75. The molecule has 0 saturated carbocycles. The Morgan fingerprint density at radius 1 is 0.667 bits per heavy atom. The maximum Gasteiger partial charge on any atom is 0.150 e. The van der Waals surface area contributed by atoms with Crippen molar-refractivity contribution in [1.29, 1.82) is 0 Å². The van der Waals surface area contributed by atoms with Crippen molar-refractivity contribution in [1.82, 2.24) is 0 Å². The summed E-state index contributed by atoms with van der Waals surface area (Å²) >= 11 is 0. The van der Waals surface area contributed by atoms with E-state index in [0.717, 1.165) is 0 Å². The number of nitrogens with two attached hydrogens (primary N) is 2. The van der Waals surface area contributed by atoms with Crippen LogP contribution in [0.1, 0.15) is 0 Å². The molecule has 0 spiro atoms. The van der Waals surface area contributed by atoms with Crippen molar-refractivity contribution in [3.63, 3.8) is 0 Å². The minimum Gasteiger partial charge on any atom is -0.453 e. The fraction of sp³-hybridized carbons (Fsp3) is 0. The third kappa shape index (κ3) is 2.02. The number of para-hydroxylation sites is 4. The van der Waals surface area contributed by atoms with E-state index in [-0.39, 0.29) is 0 Å². The number of anilines is 2. The Balaban J connectivity index is 2.30. The first-order valence-electron chi connectivity index (χ1n) is 4.64. The van der Waals surface area contributed by atoms with Crippen molar-refractivity contribution >= 4 is 11.4 Å². The molecule has 3 nitrogen and oxygen atoms in total. The number of benzene rings is 2. The molecule has 0 unspecified atom stereocenters. The number of rotatable bonds is 2. The van der Waals surface area contributed by atoms with Gasteiger partial charge in [0.05, 0.1) is 11.4 Å². The Morgan fingerprint density at radius 3 is 1.47 bits per heavy atom. The van der Waals surface area contributed by atoms with Gasteiger partial charge in [-0.1, -0.05) is 24.3 Å². The van der Waals surface area contributed by atoms with Crippen molar-refractivity contribution in [3.05, 3.63) is 48.5 Å². The van der Waals surface area contributed by atoms with E-state index in [0.29, 0.717) is 22.9 Å². The van der Waals surface area contributed by atoms with Gasteiger partial charge < -0.3 is 16.2 Å². The Bertz CT molecular complexity index is 425. The molecule has 2 aromatic carbocycles. The van der Waals surface area contributed by atoms with Gasteiger partial charge in [0.25, 0.3) is 0 Å². The van der Waals surface area contributed by atoms with Gasteiger partial charge in [-0.15, -0.1) is 0 Å². The minimum atomic E-state index is 0.598. The standard InChI is InChI=1S/C12H12N2O/c13-9-5-1-3-7-11(9)15-12-8-4-2-6-10(12)14/h1-8H,13-14H2. The Hall–Kier alpha value is -2.16. The molecule has 0 aromatic heterocycles. The highest BCUT2D eigenvalue weighted by Crippen LogP contribution is 2.30. The van der Waals surface area contributed by atoms with E-state index in [1.54, 1.807) is 12.1 Å². The van der Waals surface area contributed by atoms with E-state index < -0.39 is 0 Å². The zero-order valence-electron chi connectivity index (χ0n) is 8.18. The molecule has 2 aromatic rings. The highest BCUT2D eigenvalue weighted by molar-refractivity contribution is 5.58. The predicted octanol–water partition coefficient (Wildman–Crippen LogP) is 2.64. The summed E-state index contributed by atoms with van der Waals surface area (Å²) in [6, 6.07) is 14.6. The third-order valence-electron chi connectivity index (χ3n) is 2.06. The van der Waals surface area contributed by atoms with Crippen LogP contribution in [0.25, 0.3) is 0 Å². The molecule has 0 heterocycles. The van der Waals surface area contributed by atoms with Crippen LogP contribution < -0.4 is 16.2 Å². The number of nitrogen functional groups attached to an aromatic ring is 2. The molecule has 0 aliphatic carbocycles. The summed E-state index contributed by atoms with van der Waals surface area (Å²) in [5, 5.41) is 0. The summed E-state index contributed by atoms with van der Waals surface area (Å²) in [4.78, 5) is 0. The van der Waals surface area contributed by atoms with Gasteiger partial charge in [0.2, 0.25) is 0 Å². The fourth-order valence-electron chi connectivity index (χ4n) is 1.27. The van der Waals surface area contributed by atoms with Gasteiger partial charge in [0.15, 0.2) is 0 Å². The van der Waals surface area contributed by atoms with Crippen LogP contribution in [0.3, 0.4) is 0 Å². The summed E-state index contributed by atoms with van der Waals surface area (Å²) in [6.07, 6.45) is 0. The molecule has 2 rings (SSSR count). The summed E-state index contributed by atoms with van der Waals surface area (Å²) in [7, 11) is 0. The van der Waals surface area contributed by atoms with E-state index in [1.807, 2.05) is 36.4 Å². The second-order valence-electron chi connectivity index (χ2n) is 3.18. The van der Waals surface area contributed by atoms with Crippen molar-refractivity contribution in [2.24, 2.45) is 0 Å². The molecular formula is C12H12N2O. The molecule has 76 valence electrons. The summed E-state index contributed by atoms with van der Waals surface area (Å²) in [6.45, 7) is 0. The average molecular weight is 200 g/mol. The summed E-state index contributed by atoms with van der Waals surface area (Å²) in [5.41, 5.74) is 12.7. The molecule has 0 fully saturated rings. The smallest absolute Gasteiger partial charge is 0.150 e.